The monoisotopic (exact) mass is 167 g/mol. The Morgan fingerprint density at radius 1 is 1.17 bits per heavy atom. The molecule has 2 N–H and O–H groups in total. The number of hydrogen-bond acceptors (Lipinski definition) is 3. The van der Waals surface area contributed by atoms with Gasteiger partial charge in [0.15, 0.2) is 0 Å². The van der Waals surface area contributed by atoms with Gasteiger partial charge in [-0.15, -0.1) is 0 Å². The summed E-state index contributed by atoms with van der Waals surface area (Å²) in [5.41, 5.74) is 1.45. The Balaban J connectivity index is 2.14. The van der Waals surface area contributed by atoms with Crippen molar-refractivity contribution in [3.63, 3.8) is 0 Å². The van der Waals surface area contributed by atoms with Crippen molar-refractivity contribution in [2.75, 3.05) is 13.1 Å². The van der Waals surface area contributed by atoms with Crippen LogP contribution in [0.3, 0.4) is 0 Å². The van der Waals surface area contributed by atoms with E-state index in [-0.39, 0.29) is 0 Å². The number of allylic oxidation sites excluding steroid dienone is 2. The molecule has 2 heterocycles. The predicted molar refractivity (Wildman–Crippen MR) is 48.8 cm³/mol. The van der Waals surface area contributed by atoms with Crippen molar-refractivity contribution in [2.45, 2.75) is 32.1 Å². The molecule has 0 spiro atoms. The third kappa shape index (κ3) is 1.47. The van der Waals surface area contributed by atoms with Crippen LogP contribution in [-0.4, -0.2) is 23.2 Å². The smallest absolute Gasteiger partial charge is 0.0359 e. The average Bonchev–Trinajstić information content (AvgIpc) is 2.29. The van der Waals surface area contributed by atoms with E-state index in [2.05, 4.69) is 11.1 Å². The first-order valence-corrected chi connectivity index (χ1v) is 4.86. The minimum Gasteiger partial charge on any atom is -0.297 e. The van der Waals surface area contributed by atoms with Crippen LogP contribution in [0.2, 0.25) is 0 Å². The molecule has 2 rings (SSSR count). The standard InChI is InChI=1S/C9H17N3/c10-12-8-4-2-6-9-5-1-3-7-11(9)12/h5H,1-4,6-8,10H2. The van der Waals surface area contributed by atoms with Crippen molar-refractivity contribution in [2.24, 2.45) is 5.84 Å². The zero-order valence-corrected chi connectivity index (χ0v) is 7.50. The van der Waals surface area contributed by atoms with Crippen molar-refractivity contribution in [3.8, 4) is 0 Å². The fraction of sp³-hybridized carbons (Fsp3) is 0.778. The zero-order chi connectivity index (χ0) is 8.39. The fourth-order valence-corrected chi connectivity index (χ4v) is 1.98. The van der Waals surface area contributed by atoms with E-state index in [0.717, 1.165) is 13.1 Å². The topological polar surface area (TPSA) is 32.5 Å². The summed E-state index contributed by atoms with van der Waals surface area (Å²) in [6.45, 7) is 2.12. The van der Waals surface area contributed by atoms with Gasteiger partial charge in [0.1, 0.15) is 0 Å². The Bertz CT molecular complexity index is 188. The molecule has 0 radical (unpaired) electrons. The maximum absolute atomic E-state index is 5.91. The average molecular weight is 167 g/mol. The molecule has 0 aromatic rings. The van der Waals surface area contributed by atoms with E-state index >= 15 is 0 Å². The van der Waals surface area contributed by atoms with Gasteiger partial charge in [-0.2, -0.15) is 5.12 Å². The second-order valence-corrected chi connectivity index (χ2v) is 3.58. The summed E-state index contributed by atoms with van der Waals surface area (Å²) in [4.78, 5) is 0. The third-order valence-electron chi connectivity index (χ3n) is 2.67. The predicted octanol–water partition coefficient (Wildman–Crippen LogP) is 1.24. The third-order valence-corrected chi connectivity index (χ3v) is 2.67. The second-order valence-electron chi connectivity index (χ2n) is 3.58. The number of nitrogens with zero attached hydrogens (tertiary/aromatic N) is 2. The van der Waals surface area contributed by atoms with Crippen molar-refractivity contribution in [1.82, 2.24) is 10.1 Å². The largest absolute Gasteiger partial charge is 0.297 e. The van der Waals surface area contributed by atoms with Crippen LogP contribution in [0.25, 0.3) is 0 Å². The van der Waals surface area contributed by atoms with Gasteiger partial charge in [-0.05, 0) is 32.1 Å². The Hall–Kier alpha value is -0.540. The molecule has 3 heteroatoms. The molecule has 12 heavy (non-hydrogen) atoms. The molecular weight excluding hydrogens is 150 g/mol. The van der Waals surface area contributed by atoms with Crippen LogP contribution in [0.4, 0.5) is 0 Å². The van der Waals surface area contributed by atoms with Crippen LogP contribution in [0, 0.1) is 0 Å². The fourth-order valence-electron chi connectivity index (χ4n) is 1.98. The molecule has 0 amide bonds. The van der Waals surface area contributed by atoms with Gasteiger partial charge in [-0.1, -0.05) is 6.08 Å². The normalized spacial score (nSPS) is 26.1. The van der Waals surface area contributed by atoms with Crippen LogP contribution in [0.5, 0.6) is 0 Å². The first kappa shape index (κ1) is 8.08. The van der Waals surface area contributed by atoms with Gasteiger partial charge in [0.25, 0.3) is 0 Å². The van der Waals surface area contributed by atoms with Crippen molar-refractivity contribution >= 4 is 0 Å². The maximum Gasteiger partial charge on any atom is 0.0359 e. The minimum absolute atomic E-state index is 1.01. The molecule has 2 aliphatic heterocycles. The van der Waals surface area contributed by atoms with Gasteiger partial charge in [0.05, 0.1) is 0 Å². The van der Waals surface area contributed by atoms with E-state index in [9.17, 15) is 0 Å². The Labute approximate surface area is 73.8 Å². The highest BCUT2D eigenvalue weighted by Crippen LogP contribution is 2.23. The van der Waals surface area contributed by atoms with E-state index < -0.39 is 0 Å². The lowest BCUT2D eigenvalue weighted by Gasteiger charge is -2.35. The Kier molecular flexibility index (Phi) is 2.33. The molecule has 0 aliphatic carbocycles. The van der Waals surface area contributed by atoms with Crippen LogP contribution >= 0.6 is 0 Å². The van der Waals surface area contributed by atoms with Crippen molar-refractivity contribution < 1.29 is 0 Å². The molecule has 0 unspecified atom stereocenters. The Morgan fingerprint density at radius 3 is 3.00 bits per heavy atom. The molecule has 3 nitrogen and oxygen atoms in total. The summed E-state index contributed by atoms with van der Waals surface area (Å²) in [5.74, 6) is 5.91. The highest BCUT2D eigenvalue weighted by Gasteiger charge is 2.20. The lowest BCUT2D eigenvalue weighted by Crippen LogP contribution is -2.47. The minimum atomic E-state index is 1.01. The van der Waals surface area contributed by atoms with Crippen LogP contribution in [0.1, 0.15) is 32.1 Å². The molecule has 1 saturated heterocycles. The van der Waals surface area contributed by atoms with Crippen molar-refractivity contribution in [1.29, 1.82) is 0 Å². The van der Waals surface area contributed by atoms with E-state index in [0.29, 0.717) is 0 Å². The maximum atomic E-state index is 5.91. The number of fused-ring (bicyclic) bond motifs is 1. The van der Waals surface area contributed by atoms with E-state index in [1.807, 2.05) is 5.12 Å². The van der Waals surface area contributed by atoms with Crippen molar-refractivity contribution in [3.05, 3.63) is 11.8 Å². The van der Waals surface area contributed by atoms with Crippen LogP contribution < -0.4 is 5.84 Å². The zero-order valence-electron chi connectivity index (χ0n) is 7.50. The first-order valence-electron chi connectivity index (χ1n) is 4.86. The summed E-state index contributed by atoms with van der Waals surface area (Å²) in [6, 6.07) is 0. The second kappa shape index (κ2) is 3.46. The van der Waals surface area contributed by atoms with E-state index in [1.54, 1.807) is 0 Å². The molecule has 0 atom stereocenters. The molecular formula is C9H17N3. The quantitative estimate of drug-likeness (QED) is 0.551. The van der Waals surface area contributed by atoms with Crippen LogP contribution in [-0.2, 0) is 0 Å². The lowest BCUT2D eigenvalue weighted by atomic mass is 10.1. The van der Waals surface area contributed by atoms with E-state index in [1.165, 1.54) is 37.8 Å². The summed E-state index contributed by atoms with van der Waals surface area (Å²) in [7, 11) is 0. The Morgan fingerprint density at radius 2 is 2.08 bits per heavy atom. The summed E-state index contributed by atoms with van der Waals surface area (Å²) >= 11 is 0. The number of hydrogen-bond donors (Lipinski definition) is 1. The molecule has 0 saturated carbocycles. The van der Waals surface area contributed by atoms with Gasteiger partial charge in [0, 0.05) is 18.8 Å². The highest BCUT2D eigenvalue weighted by molar-refractivity contribution is 5.04. The van der Waals surface area contributed by atoms with Gasteiger partial charge >= 0.3 is 0 Å². The van der Waals surface area contributed by atoms with Gasteiger partial charge in [-0.25, -0.2) is 0 Å². The molecule has 0 bridgehead atoms. The molecule has 1 fully saturated rings. The molecule has 2 aliphatic rings. The lowest BCUT2D eigenvalue weighted by molar-refractivity contribution is 0.00636. The van der Waals surface area contributed by atoms with Crippen LogP contribution in [0.15, 0.2) is 11.8 Å². The molecule has 68 valence electrons. The molecule has 0 aromatic heterocycles. The van der Waals surface area contributed by atoms with Gasteiger partial charge in [-0.3, -0.25) is 10.9 Å². The highest BCUT2D eigenvalue weighted by atomic mass is 15.8. The molecule has 0 aromatic carbocycles. The van der Waals surface area contributed by atoms with Gasteiger partial charge < -0.3 is 0 Å². The summed E-state index contributed by atoms with van der Waals surface area (Å²) in [5, 5.41) is 4.13. The van der Waals surface area contributed by atoms with Gasteiger partial charge in [0.2, 0.25) is 0 Å². The van der Waals surface area contributed by atoms with E-state index in [4.69, 9.17) is 5.84 Å². The summed E-state index contributed by atoms with van der Waals surface area (Å²) in [6.07, 6.45) is 8.56. The SMILES string of the molecule is NN1CCCCC2=CCCCN21. The number of hydrazine groups is 2. The first-order chi connectivity index (χ1) is 5.88. The summed E-state index contributed by atoms with van der Waals surface area (Å²) < 4.78 is 0. The number of nitrogens with two attached hydrogens (primary N) is 1. The number of rotatable bonds is 0.